The second-order valence-electron chi connectivity index (χ2n) is 4.00. The highest BCUT2D eigenvalue weighted by Crippen LogP contribution is 2.33. The first-order chi connectivity index (χ1) is 9.25. The Labute approximate surface area is 113 Å². The van der Waals surface area contributed by atoms with Crippen LogP contribution in [0, 0.1) is 0 Å². The summed E-state index contributed by atoms with van der Waals surface area (Å²) in [5, 5.41) is 1.00. The molecule has 4 heteroatoms. The van der Waals surface area contributed by atoms with E-state index in [1.807, 2.05) is 51.1 Å². The second-order valence-corrected chi connectivity index (χ2v) is 4.00. The molecule has 104 valence electrons. The maximum absolute atomic E-state index is 5.82. The molecule has 0 saturated heterocycles. The molecule has 1 aromatic carbocycles. The quantitative estimate of drug-likeness (QED) is 0.716. The first-order valence-corrected chi connectivity index (χ1v) is 6.66. The average Bonchev–Trinajstić information content (AvgIpc) is 2.83. The SMILES string of the molecule is CCOC(OCC)(OCC)c1cc2ccccc2o1. The molecule has 2 rings (SSSR count). The van der Waals surface area contributed by atoms with Crippen LogP contribution in [0.1, 0.15) is 26.5 Å². The molecule has 0 N–H and O–H groups in total. The Balaban J connectivity index is 2.45. The number of hydrogen-bond acceptors (Lipinski definition) is 4. The van der Waals surface area contributed by atoms with Crippen LogP contribution >= 0.6 is 0 Å². The van der Waals surface area contributed by atoms with Crippen LogP contribution in [0.2, 0.25) is 0 Å². The number of hydrogen-bond donors (Lipinski definition) is 0. The lowest BCUT2D eigenvalue weighted by Crippen LogP contribution is -2.36. The minimum absolute atomic E-state index is 0.469. The summed E-state index contributed by atoms with van der Waals surface area (Å²) >= 11 is 0. The Kier molecular flexibility index (Phi) is 4.58. The van der Waals surface area contributed by atoms with Crippen molar-refractivity contribution in [3.8, 4) is 0 Å². The van der Waals surface area contributed by atoms with E-state index in [-0.39, 0.29) is 0 Å². The van der Waals surface area contributed by atoms with E-state index in [1.54, 1.807) is 0 Å². The molecule has 0 radical (unpaired) electrons. The van der Waals surface area contributed by atoms with Crippen molar-refractivity contribution in [2.24, 2.45) is 0 Å². The van der Waals surface area contributed by atoms with E-state index in [2.05, 4.69) is 0 Å². The van der Waals surface area contributed by atoms with Gasteiger partial charge in [-0.05, 0) is 32.9 Å². The predicted molar refractivity (Wildman–Crippen MR) is 72.8 cm³/mol. The molecule has 0 bridgehead atoms. The van der Waals surface area contributed by atoms with Crippen LogP contribution in [-0.4, -0.2) is 19.8 Å². The van der Waals surface area contributed by atoms with Gasteiger partial charge < -0.3 is 18.6 Å². The summed E-state index contributed by atoms with van der Waals surface area (Å²) in [7, 11) is 0. The van der Waals surface area contributed by atoms with Crippen LogP contribution in [0.3, 0.4) is 0 Å². The molecular weight excluding hydrogens is 244 g/mol. The van der Waals surface area contributed by atoms with Crippen LogP contribution in [0.4, 0.5) is 0 Å². The highest BCUT2D eigenvalue weighted by Gasteiger charge is 2.39. The predicted octanol–water partition coefficient (Wildman–Crippen LogP) is 3.65. The molecule has 0 aliphatic heterocycles. The van der Waals surface area contributed by atoms with E-state index in [4.69, 9.17) is 18.6 Å². The van der Waals surface area contributed by atoms with Gasteiger partial charge in [0.25, 0.3) is 0 Å². The minimum atomic E-state index is -1.25. The monoisotopic (exact) mass is 264 g/mol. The fourth-order valence-corrected chi connectivity index (χ4v) is 2.04. The van der Waals surface area contributed by atoms with Crippen LogP contribution < -0.4 is 0 Å². The lowest BCUT2D eigenvalue weighted by atomic mass is 10.2. The first-order valence-electron chi connectivity index (χ1n) is 6.66. The summed E-state index contributed by atoms with van der Waals surface area (Å²) in [5.74, 6) is -0.712. The summed E-state index contributed by atoms with van der Waals surface area (Å²) in [5.41, 5.74) is 0.793. The summed E-state index contributed by atoms with van der Waals surface area (Å²) in [6, 6.07) is 9.69. The number of furan rings is 1. The van der Waals surface area contributed by atoms with Gasteiger partial charge in [-0.1, -0.05) is 18.2 Å². The second kappa shape index (κ2) is 6.19. The zero-order chi connectivity index (χ0) is 13.7. The zero-order valence-corrected chi connectivity index (χ0v) is 11.6. The lowest BCUT2D eigenvalue weighted by Gasteiger charge is -2.29. The molecule has 1 aromatic heterocycles. The molecule has 1 heterocycles. The molecule has 0 spiro atoms. The molecule has 19 heavy (non-hydrogen) atoms. The maximum atomic E-state index is 5.82. The van der Waals surface area contributed by atoms with Crippen molar-refractivity contribution >= 4 is 11.0 Å². The zero-order valence-electron chi connectivity index (χ0n) is 11.6. The Morgan fingerprint density at radius 3 is 2.05 bits per heavy atom. The standard InChI is InChI=1S/C15H20O4/c1-4-16-15(17-5-2,18-6-3)14-11-12-9-7-8-10-13(12)19-14/h7-11H,4-6H2,1-3H3. The molecule has 2 aromatic rings. The van der Waals surface area contributed by atoms with E-state index in [9.17, 15) is 0 Å². The van der Waals surface area contributed by atoms with Crippen LogP contribution in [-0.2, 0) is 20.2 Å². The van der Waals surface area contributed by atoms with Crippen molar-refractivity contribution in [3.05, 3.63) is 36.1 Å². The van der Waals surface area contributed by atoms with Crippen molar-refractivity contribution in [1.29, 1.82) is 0 Å². The fraction of sp³-hybridized carbons (Fsp3) is 0.467. The first kappa shape index (κ1) is 14.1. The molecule has 4 nitrogen and oxygen atoms in total. The van der Waals surface area contributed by atoms with E-state index in [0.717, 1.165) is 11.0 Å². The van der Waals surface area contributed by atoms with Gasteiger partial charge in [-0.2, -0.15) is 0 Å². The third kappa shape index (κ3) is 2.81. The lowest BCUT2D eigenvalue weighted by molar-refractivity contribution is -0.396. The van der Waals surface area contributed by atoms with Crippen molar-refractivity contribution in [2.75, 3.05) is 19.8 Å². The van der Waals surface area contributed by atoms with Gasteiger partial charge in [-0.25, -0.2) is 0 Å². The highest BCUT2D eigenvalue weighted by molar-refractivity contribution is 5.77. The number of benzene rings is 1. The Bertz CT molecular complexity index is 468. The summed E-state index contributed by atoms with van der Waals surface area (Å²) in [6.45, 7) is 7.10. The van der Waals surface area contributed by atoms with Gasteiger partial charge in [0.15, 0.2) is 5.76 Å². The molecule has 0 atom stereocenters. The topological polar surface area (TPSA) is 40.8 Å². The third-order valence-corrected chi connectivity index (χ3v) is 2.73. The van der Waals surface area contributed by atoms with Crippen molar-refractivity contribution in [2.45, 2.75) is 26.7 Å². The van der Waals surface area contributed by atoms with Gasteiger partial charge in [-0.15, -0.1) is 0 Å². The number of ether oxygens (including phenoxy) is 3. The van der Waals surface area contributed by atoms with Crippen molar-refractivity contribution < 1.29 is 18.6 Å². The number of para-hydroxylation sites is 1. The highest BCUT2D eigenvalue weighted by atomic mass is 16.9. The molecule has 0 aliphatic carbocycles. The molecule has 0 amide bonds. The van der Waals surface area contributed by atoms with Gasteiger partial charge in [0.1, 0.15) is 5.58 Å². The average molecular weight is 264 g/mol. The third-order valence-electron chi connectivity index (χ3n) is 2.73. The largest absolute Gasteiger partial charge is 0.452 e. The molecule has 0 saturated carbocycles. The van der Waals surface area contributed by atoms with E-state index in [0.29, 0.717) is 25.6 Å². The normalized spacial score (nSPS) is 12.2. The van der Waals surface area contributed by atoms with Crippen LogP contribution in [0.5, 0.6) is 0 Å². The Morgan fingerprint density at radius 2 is 1.53 bits per heavy atom. The Morgan fingerprint density at radius 1 is 0.947 bits per heavy atom. The number of rotatable bonds is 7. The molecule has 0 unspecified atom stereocenters. The minimum Gasteiger partial charge on any atom is -0.452 e. The summed E-state index contributed by atoms with van der Waals surface area (Å²) in [4.78, 5) is 0. The maximum Gasteiger partial charge on any atom is 0.346 e. The van der Waals surface area contributed by atoms with Gasteiger partial charge in [0.2, 0.25) is 0 Å². The summed E-state index contributed by atoms with van der Waals surface area (Å²) in [6.07, 6.45) is 0. The van der Waals surface area contributed by atoms with Crippen molar-refractivity contribution in [3.63, 3.8) is 0 Å². The molecule has 0 aliphatic rings. The van der Waals surface area contributed by atoms with Gasteiger partial charge in [-0.3, -0.25) is 0 Å². The van der Waals surface area contributed by atoms with E-state index in [1.165, 1.54) is 0 Å². The number of fused-ring (bicyclic) bond motifs is 1. The van der Waals surface area contributed by atoms with Gasteiger partial charge in [0.05, 0.1) is 19.8 Å². The van der Waals surface area contributed by atoms with Crippen molar-refractivity contribution in [1.82, 2.24) is 0 Å². The molecular formula is C15H20O4. The smallest absolute Gasteiger partial charge is 0.346 e. The van der Waals surface area contributed by atoms with Crippen LogP contribution in [0.25, 0.3) is 11.0 Å². The van der Waals surface area contributed by atoms with E-state index >= 15 is 0 Å². The van der Waals surface area contributed by atoms with Crippen LogP contribution in [0.15, 0.2) is 34.7 Å². The Hall–Kier alpha value is -1.36. The van der Waals surface area contributed by atoms with Gasteiger partial charge >= 0.3 is 5.97 Å². The molecule has 0 fully saturated rings. The van der Waals surface area contributed by atoms with E-state index < -0.39 is 5.97 Å². The summed E-state index contributed by atoms with van der Waals surface area (Å²) < 4.78 is 22.9. The fourth-order valence-electron chi connectivity index (χ4n) is 2.04. The van der Waals surface area contributed by atoms with Gasteiger partial charge in [0, 0.05) is 5.39 Å².